The summed E-state index contributed by atoms with van der Waals surface area (Å²) in [5, 5.41) is 8.68. The van der Waals surface area contributed by atoms with Crippen molar-refractivity contribution in [1.82, 2.24) is 0 Å². The first kappa shape index (κ1) is 30.0. The normalized spacial score (nSPS) is 12.3. The number of benzene rings is 4. The highest BCUT2D eigenvalue weighted by Gasteiger charge is 2.46. The van der Waals surface area contributed by atoms with Crippen LogP contribution in [-0.2, 0) is 17.1 Å². The molecule has 0 aromatic heterocycles. The lowest BCUT2D eigenvalue weighted by atomic mass is 9.98. The summed E-state index contributed by atoms with van der Waals surface area (Å²) in [6.07, 6.45) is 6.34. The highest BCUT2D eigenvalue weighted by atomic mass is 28.5. The van der Waals surface area contributed by atoms with Gasteiger partial charge in [-0.15, -0.1) is 0 Å². The fourth-order valence-electron chi connectivity index (χ4n) is 4.96. The van der Waals surface area contributed by atoms with E-state index in [-0.39, 0.29) is 9.76 Å². The van der Waals surface area contributed by atoms with Gasteiger partial charge in [0.2, 0.25) is 18.8 Å². The van der Waals surface area contributed by atoms with Gasteiger partial charge in [0.1, 0.15) is 0 Å². The molecule has 0 heterocycles. The molecule has 39 heavy (non-hydrogen) atoms. The maximum Gasteiger partial charge on any atom is 0.657 e. The maximum atomic E-state index is 6.90. The summed E-state index contributed by atoms with van der Waals surface area (Å²) in [4.78, 5) is 0. The fraction of sp³-hybridized carbons (Fsp3) is 0.400. The molecule has 9 heteroatoms. The van der Waals surface area contributed by atoms with Crippen LogP contribution < -0.4 is 16.7 Å². The molecule has 0 aliphatic carbocycles. The predicted octanol–water partition coefficient (Wildman–Crippen LogP) is 5.40. The molecule has 0 aliphatic rings. The average Bonchev–Trinajstić information content (AvgIpc) is 2.98. The van der Waals surface area contributed by atoms with Crippen molar-refractivity contribution in [3.63, 3.8) is 0 Å². The Labute approximate surface area is 238 Å². The molecule has 0 atom stereocenters. The SMILES string of the molecule is CO[Si](OC)(O[Si]CCCCCN)O[Si](CCCCCN)c1cccc2ccc3cc4ccccc4cc3c12. The van der Waals surface area contributed by atoms with Crippen molar-refractivity contribution in [1.29, 1.82) is 0 Å². The predicted molar refractivity (Wildman–Crippen MR) is 167 cm³/mol. The standard InChI is InChI=1S/C30H41N2O4Si3/c1-33-39(34-2,35-37-20-9-3-7-18-31)36-38(21-10-4-8-19-32)29-15-11-14-24-16-17-27-22-25-12-5-6-13-26(25)23-28(27)30(24)29/h5-6,11-17,22-23H,3-4,7-10,18-21,31-32H2,1-2H3. The molecule has 207 valence electrons. The largest absolute Gasteiger partial charge is 0.657 e. The van der Waals surface area contributed by atoms with Crippen LogP contribution in [0.25, 0.3) is 32.3 Å². The third kappa shape index (κ3) is 7.63. The number of unbranched alkanes of at least 4 members (excludes halogenated alkanes) is 4. The van der Waals surface area contributed by atoms with E-state index in [2.05, 4.69) is 66.7 Å². The summed E-state index contributed by atoms with van der Waals surface area (Å²) in [6.45, 7) is 1.44. The van der Waals surface area contributed by atoms with Gasteiger partial charge >= 0.3 is 9.05 Å². The van der Waals surface area contributed by atoms with Crippen molar-refractivity contribution in [2.75, 3.05) is 27.3 Å². The van der Waals surface area contributed by atoms with Gasteiger partial charge in [0.15, 0.2) is 0 Å². The van der Waals surface area contributed by atoms with E-state index in [9.17, 15) is 0 Å². The Bertz CT molecular complexity index is 1340. The van der Waals surface area contributed by atoms with E-state index in [4.69, 9.17) is 28.5 Å². The zero-order chi connectivity index (χ0) is 27.5. The first-order chi connectivity index (χ1) is 19.1. The Morgan fingerprint density at radius 3 is 2.10 bits per heavy atom. The molecule has 0 saturated carbocycles. The highest BCUT2D eigenvalue weighted by molar-refractivity contribution is 6.79. The van der Waals surface area contributed by atoms with E-state index < -0.39 is 18.1 Å². The third-order valence-corrected chi connectivity index (χ3v) is 14.0. The van der Waals surface area contributed by atoms with Crippen molar-refractivity contribution in [3.8, 4) is 0 Å². The molecule has 0 fully saturated rings. The quantitative estimate of drug-likeness (QED) is 0.0756. The van der Waals surface area contributed by atoms with E-state index in [0.29, 0.717) is 6.54 Å². The first-order valence-electron chi connectivity index (χ1n) is 14.0. The second kappa shape index (κ2) is 15.2. The maximum absolute atomic E-state index is 6.90. The topological polar surface area (TPSA) is 89.0 Å². The van der Waals surface area contributed by atoms with Gasteiger partial charge in [0, 0.05) is 14.2 Å². The summed E-state index contributed by atoms with van der Waals surface area (Å²) in [5.41, 5.74) is 11.4. The van der Waals surface area contributed by atoms with E-state index in [1.54, 1.807) is 14.2 Å². The van der Waals surface area contributed by atoms with Gasteiger partial charge in [0.05, 0.1) is 0 Å². The molecule has 0 amide bonds. The van der Waals surface area contributed by atoms with Gasteiger partial charge < -0.3 is 28.5 Å². The number of hydrogen-bond donors (Lipinski definition) is 2. The second-order valence-corrected chi connectivity index (χ2v) is 15.9. The molecule has 4 rings (SSSR count). The van der Waals surface area contributed by atoms with E-state index >= 15 is 0 Å². The van der Waals surface area contributed by atoms with E-state index in [1.165, 1.54) is 37.5 Å². The lowest BCUT2D eigenvalue weighted by Gasteiger charge is -2.30. The molecule has 0 unspecified atom stereocenters. The molecule has 0 saturated heterocycles. The monoisotopic (exact) mass is 577 g/mol. The number of rotatable bonds is 17. The summed E-state index contributed by atoms with van der Waals surface area (Å²) in [7, 11) is -1.32. The summed E-state index contributed by atoms with van der Waals surface area (Å²) in [5.74, 6) is 0. The molecule has 0 bridgehead atoms. The van der Waals surface area contributed by atoms with Gasteiger partial charge in [0.25, 0.3) is 0 Å². The zero-order valence-electron chi connectivity index (χ0n) is 23.2. The van der Waals surface area contributed by atoms with Crippen LogP contribution in [-0.4, -0.2) is 55.2 Å². The van der Waals surface area contributed by atoms with Crippen molar-refractivity contribution >= 4 is 65.4 Å². The molecule has 0 aliphatic heterocycles. The van der Waals surface area contributed by atoms with E-state index in [0.717, 1.165) is 57.2 Å². The van der Waals surface area contributed by atoms with Crippen molar-refractivity contribution in [3.05, 3.63) is 66.7 Å². The molecular weight excluding hydrogens is 537 g/mol. The summed E-state index contributed by atoms with van der Waals surface area (Å²) < 4.78 is 25.1. The molecule has 0 spiro atoms. The summed E-state index contributed by atoms with van der Waals surface area (Å²) in [6, 6.07) is 26.0. The van der Waals surface area contributed by atoms with Crippen molar-refractivity contribution in [2.24, 2.45) is 11.5 Å². The summed E-state index contributed by atoms with van der Waals surface area (Å²) >= 11 is 0. The Hall–Kier alpha value is -1.93. The van der Waals surface area contributed by atoms with Gasteiger partial charge in [-0.05, 0) is 87.7 Å². The number of hydrogen-bond acceptors (Lipinski definition) is 6. The zero-order valence-corrected chi connectivity index (χ0v) is 26.2. The molecule has 4 aromatic rings. The number of fused-ring (bicyclic) bond motifs is 4. The minimum absolute atomic E-state index is 0.268. The van der Waals surface area contributed by atoms with Gasteiger partial charge in [-0.2, -0.15) is 0 Å². The Balaban J connectivity index is 1.71. The van der Waals surface area contributed by atoms with Crippen molar-refractivity contribution < 1.29 is 17.1 Å². The minimum Gasteiger partial charge on any atom is -0.394 e. The van der Waals surface area contributed by atoms with Gasteiger partial charge in [-0.3, -0.25) is 0 Å². The smallest absolute Gasteiger partial charge is 0.394 e. The highest BCUT2D eigenvalue weighted by Crippen LogP contribution is 2.30. The van der Waals surface area contributed by atoms with Crippen LogP contribution in [0.5, 0.6) is 0 Å². The van der Waals surface area contributed by atoms with Gasteiger partial charge in [-0.25, -0.2) is 0 Å². The molecule has 4 N–H and O–H groups in total. The Morgan fingerprint density at radius 2 is 1.38 bits per heavy atom. The van der Waals surface area contributed by atoms with Crippen LogP contribution >= 0.6 is 0 Å². The van der Waals surface area contributed by atoms with Crippen LogP contribution in [0.1, 0.15) is 38.5 Å². The lowest BCUT2D eigenvalue weighted by Crippen LogP contribution is -2.54. The van der Waals surface area contributed by atoms with E-state index in [1.807, 2.05) is 0 Å². The second-order valence-electron chi connectivity index (χ2n) is 9.77. The first-order valence-corrected chi connectivity index (χ1v) is 18.3. The minimum atomic E-state index is -3.32. The van der Waals surface area contributed by atoms with Crippen molar-refractivity contribution in [2.45, 2.75) is 50.6 Å². The van der Waals surface area contributed by atoms with Crippen LogP contribution in [0.4, 0.5) is 0 Å². The molecule has 3 radical (unpaired) electrons. The average molecular weight is 578 g/mol. The fourth-order valence-corrected chi connectivity index (χ4v) is 12.2. The molecule has 4 aromatic carbocycles. The molecule has 6 nitrogen and oxygen atoms in total. The van der Waals surface area contributed by atoms with Crippen LogP contribution in [0.15, 0.2) is 66.7 Å². The lowest BCUT2D eigenvalue weighted by molar-refractivity contribution is 0.0842. The Kier molecular flexibility index (Phi) is 11.7. The van der Waals surface area contributed by atoms with Crippen LogP contribution in [0, 0.1) is 0 Å². The Morgan fingerprint density at radius 1 is 0.718 bits per heavy atom. The van der Waals surface area contributed by atoms with Gasteiger partial charge in [-0.1, -0.05) is 80.3 Å². The molecular formula is C30H41N2O4Si3. The van der Waals surface area contributed by atoms with Crippen LogP contribution in [0.2, 0.25) is 12.1 Å². The third-order valence-electron chi connectivity index (χ3n) is 7.06. The number of nitrogens with two attached hydrogens (primary N) is 2. The van der Waals surface area contributed by atoms with Crippen LogP contribution in [0.3, 0.4) is 0 Å².